The summed E-state index contributed by atoms with van der Waals surface area (Å²) >= 11 is 1.83. The van der Waals surface area contributed by atoms with Gasteiger partial charge in [0.1, 0.15) is 0 Å². The fraction of sp³-hybridized carbons (Fsp3) is 0. The zero-order chi connectivity index (χ0) is 28.8. The maximum absolute atomic E-state index is 5.27. The van der Waals surface area contributed by atoms with E-state index in [1.165, 1.54) is 52.8 Å². The molecule has 10 aromatic rings. The van der Waals surface area contributed by atoms with Gasteiger partial charge in [0, 0.05) is 32.4 Å². The number of nitrogens with zero attached hydrogens (tertiary/aromatic N) is 3. The predicted octanol–water partition coefficient (Wildman–Crippen LogP) is 11.0. The zero-order valence-corrected chi connectivity index (χ0v) is 24.3. The van der Waals surface area contributed by atoms with Crippen molar-refractivity contribution >= 4 is 80.6 Å². The predicted molar refractivity (Wildman–Crippen MR) is 187 cm³/mol. The molecule has 0 atom stereocenters. The quantitative estimate of drug-likeness (QED) is 0.191. The van der Waals surface area contributed by atoms with E-state index in [1.54, 1.807) is 0 Å². The number of imidazole rings is 1. The molecule has 204 valence electrons. The van der Waals surface area contributed by atoms with Crippen molar-refractivity contribution in [1.29, 1.82) is 0 Å². The number of aromatic nitrogens is 3. The molecule has 44 heavy (non-hydrogen) atoms. The average Bonchev–Trinajstić information content (AvgIpc) is 3.65. The topological polar surface area (TPSA) is 30.2 Å². The highest BCUT2D eigenvalue weighted by Crippen LogP contribution is 2.41. The maximum Gasteiger partial charge on any atom is 0.156 e. The molecule has 0 aliphatic carbocycles. The second-order valence-electron chi connectivity index (χ2n) is 11.4. The van der Waals surface area contributed by atoms with E-state index in [9.17, 15) is 0 Å². The van der Waals surface area contributed by atoms with Gasteiger partial charge in [-0.2, -0.15) is 0 Å². The summed E-state index contributed by atoms with van der Waals surface area (Å²) in [6.45, 7) is 0. The molecule has 3 nitrogen and oxygen atoms in total. The molecule has 0 radical (unpaired) electrons. The van der Waals surface area contributed by atoms with Gasteiger partial charge in [-0.05, 0) is 63.2 Å². The molecule has 0 saturated heterocycles. The fourth-order valence-corrected chi connectivity index (χ4v) is 8.08. The van der Waals surface area contributed by atoms with E-state index < -0.39 is 0 Å². The molecule has 0 saturated carbocycles. The average molecular weight is 578 g/mol. The van der Waals surface area contributed by atoms with Gasteiger partial charge in [0.25, 0.3) is 0 Å². The van der Waals surface area contributed by atoms with Gasteiger partial charge in [0.2, 0.25) is 0 Å². The van der Waals surface area contributed by atoms with E-state index in [4.69, 9.17) is 9.97 Å². The van der Waals surface area contributed by atoms with Gasteiger partial charge < -0.3 is 0 Å². The third-order valence-corrected chi connectivity index (χ3v) is 10.2. The third-order valence-electron chi connectivity index (χ3n) is 9.00. The molecule has 0 aliphatic heterocycles. The van der Waals surface area contributed by atoms with Crippen molar-refractivity contribution in [2.24, 2.45) is 0 Å². The van der Waals surface area contributed by atoms with Gasteiger partial charge in [-0.25, -0.2) is 4.98 Å². The maximum atomic E-state index is 5.27. The number of hydrogen-bond donors (Lipinski definition) is 0. The Bertz CT molecular complexity index is 2760. The number of thiophene rings is 1. The van der Waals surface area contributed by atoms with Crippen LogP contribution < -0.4 is 0 Å². The lowest BCUT2D eigenvalue weighted by Crippen LogP contribution is -1.93. The minimum Gasteiger partial charge on any atom is -0.291 e. The van der Waals surface area contributed by atoms with Gasteiger partial charge in [0.05, 0.1) is 26.9 Å². The molecule has 4 heteroatoms. The lowest BCUT2D eigenvalue weighted by atomic mass is 9.95. The molecule has 6 aromatic carbocycles. The molecule has 4 heterocycles. The molecule has 10 rings (SSSR count). The number of pyridine rings is 2. The van der Waals surface area contributed by atoms with Crippen molar-refractivity contribution in [1.82, 2.24) is 14.4 Å². The Balaban J connectivity index is 1.23. The monoisotopic (exact) mass is 577 g/mol. The highest BCUT2D eigenvalue weighted by atomic mass is 32.1. The smallest absolute Gasteiger partial charge is 0.156 e. The van der Waals surface area contributed by atoms with E-state index in [2.05, 4.69) is 132 Å². The van der Waals surface area contributed by atoms with E-state index in [-0.39, 0.29) is 0 Å². The third kappa shape index (κ3) is 3.37. The van der Waals surface area contributed by atoms with Crippen LogP contribution in [0.5, 0.6) is 0 Å². The molecular weight excluding hydrogens is 555 g/mol. The number of hydrogen-bond acceptors (Lipinski definition) is 3. The molecule has 0 N–H and O–H groups in total. The molecule has 0 amide bonds. The molecular formula is C40H23N3S. The Morgan fingerprint density at radius 2 is 1.32 bits per heavy atom. The van der Waals surface area contributed by atoms with E-state index >= 15 is 0 Å². The number of rotatable bonds is 2. The molecule has 0 bridgehead atoms. The van der Waals surface area contributed by atoms with Gasteiger partial charge in [0.15, 0.2) is 5.65 Å². The summed E-state index contributed by atoms with van der Waals surface area (Å²) < 4.78 is 4.88. The summed E-state index contributed by atoms with van der Waals surface area (Å²) in [6.07, 6.45) is 1.88. The second-order valence-corrected chi connectivity index (χ2v) is 12.5. The summed E-state index contributed by atoms with van der Waals surface area (Å²) in [5, 5.41) is 8.52. The van der Waals surface area contributed by atoms with E-state index in [1.807, 2.05) is 23.6 Å². The number of fused-ring (bicyclic) bond motifs is 11. The van der Waals surface area contributed by atoms with Gasteiger partial charge >= 0.3 is 0 Å². The van der Waals surface area contributed by atoms with Gasteiger partial charge in [-0.15, -0.1) is 11.3 Å². The van der Waals surface area contributed by atoms with Crippen LogP contribution in [-0.2, 0) is 0 Å². The summed E-state index contributed by atoms with van der Waals surface area (Å²) in [6, 6.07) is 48.2. The minimum absolute atomic E-state index is 1.02. The molecule has 0 spiro atoms. The summed E-state index contributed by atoms with van der Waals surface area (Å²) in [4.78, 5) is 9.97. The second kappa shape index (κ2) is 8.96. The largest absolute Gasteiger partial charge is 0.291 e. The van der Waals surface area contributed by atoms with Crippen molar-refractivity contribution in [3.05, 3.63) is 140 Å². The van der Waals surface area contributed by atoms with Crippen LogP contribution in [0, 0.1) is 0 Å². The van der Waals surface area contributed by atoms with Crippen LogP contribution in [-0.4, -0.2) is 14.4 Å². The van der Waals surface area contributed by atoms with Crippen LogP contribution in [0.15, 0.2) is 140 Å². The van der Waals surface area contributed by atoms with Gasteiger partial charge in [-0.3, -0.25) is 9.38 Å². The molecule has 4 aromatic heterocycles. The number of benzene rings is 6. The lowest BCUT2D eigenvalue weighted by Gasteiger charge is -2.12. The first-order valence-electron chi connectivity index (χ1n) is 14.8. The SMILES string of the molecule is c1ccc2cc3c(cc2c1)nc1c2sc4ccccc4c2cc(-c2ccc(-c4cccc5c4ccc4cccnc45)cc2)n31. The highest BCUT2D eigenvalue weighted by Gasteiger charge is 2.18. The fourth-order valence-electron chi connectivity index (χ4n) is 6.92. The first-order valence-corrected chi connectivity index (χ1v) is 15.6. The van der Waals surface area contributed by atoms with Gasteiger partial charge in [-0.1, -0.05) is 103 Å². The van der Waals surface area contributed by atoms with Crippen molar-refractivity contribution < 1.29 is 0 Å². The van der Waals surface area contributed by atoms with Crippen LogP contribution in [0.1, 0.15) is 0 Å². The van der Waals surface area contributed by atoms with Crippen molar-refractivity contribution in [2.45, 2.75) is 0 Å². The first-order chi connectivity index (χ1) is 21.8. The molecule has 0 aliphatic rings. The van der Waals surface area contributed by atoms with E-state index in [0.717, 1.165) is 38.8 Å². The van der Waals surface area contributed by atoms with Crippen LogP contribution in [0.4, 0.5) is 0 Å². The lowest BCUT2D eigenvalue weighted by molar-refractivity contribution is 1.25. The minimum atomic E-state index is 1.02. The Labute approximate surface area is 256 Å². The van der Waals surface area contributed by atoms with Crippen molar-refractivity contribution in [3.8, 4) is 22.4 Å². The van der Waals surface area contributed by atoms with E-state index in [0.29, 0.717) is 0 Å². The van der Waals surface area contributed by atoms with Crippen LogP contribution in [0.25, 0.3) is 91.7 Å². The summed E-state index contributed by atoms with van der Waals surface area (Å²) in [5.41, 5.74) is 8.92. The Hall–Kier alpha value is -5.58. The Kier molecular flexibility index (Phi) is 4.87. The van der Waals surface area contributed by atoms with Crippen LogP contribution in [0.2, 0.25) is 0 Å². The Morgan fingerprint density at radius 1 is 0.545 bits per heavy atom. The van der Waals surface area contributed by atoms with Crippen molar-refractivity contribution in [2.75, 3.05) is 0 Å². The van der Waals surface area contributed by atoms with Crippen LogP contribution in [0.3, 0.4) is 0 Å². The molecule has 0 fully saturated rings. The first kappa shape index (κ1) is 23.9. The molecule has 0 unspecified atom stereocenters. The highest BCUT2D eigenvalue weighted by molar-refractivity contribution is 7.26. The zero-order valence-electron chi connectivity index (χ0n) is 23.5. The standard InChI is InChI=1S/C40H23N3S/c1-2-8-28-22-36-34(21-27(28)7-1)42-40-39-33(31-10-3-4-13-37(31)44-39)23-35(43(36)40)25-16-14-24(15-17-25)29-11-5-12-32-30(29)19-18-26-9-6-20-41-38(26)32/h1-23H. The summed E-state index contributed by atoms with van der Waals surface area (Å²) in [7, 11) is 0. The van der Waals surface area contributed by atoms with Crippen molar-refractivity contribution in [3.63, 3.8) is 0 Å². The summed E-state index contributed by atoms with van der Waals surface area (Å²) in [5.74, 6) is 0. The Morgan fingerprint density at radius 3 is 2.23 bits per heavy atom. The van der Waals surface area contributed by atoms with Crippen LogP contribution >= 0.6 is 11.3 Å². The normalized spacial score (nSPS) is 12.1.